The molecule has 0 bridgehead atoms. The maximum absolute atomic E-state index is 5.71. The fourth-order valence-electron chi connectivity index (χ4n) is 2.32. The zero-order valence-electron chi connectivity index (χ0n) is 15.9. The molecular formula is C21H24N4OS. The second-order valence-electron chi connectivity index (χ2n) is 6.63. The van der Waals surface area contributed by atoms with Crippen molar-refractivity contribution in [1.82, 2.24) is 14.9 Å². The molecule has 0 aliphatic rings. The average Bonchev–Trinajstić information content (AvgIpc) is 3.04. The van der Waals surface area contributed by atoms with Crippen LogP contribution < -0.4 is 4.74 Å². The Bertz CT molecular complexity index is 873. The third kappa shape index (κ3) is 5.69. The summed E-state index contributed by atoms with van der Waals surface area (Å²) in [7, 11) is 0. The highest BCUT2D eigenvalue weighted by Gasteiger charge is 2.08. The van der Waals surface area contributed by atoms with Crippen LogP contribution in [0.4, 0.5) is 0 Å². The highest BCUT2D eigenvalue weighted by molar-refractivity contribution is 7.98. The lowest BCUT2D eigenvalue weighted by Crippen LogP contribution is -2.04. The van der Waals surface area contributed by atoms with Gasteiger partial charge in [-0.05, 0) is 48.2 Å². The van der Waals surface area contributed by atoms with Crippen LogP contribution in [0.2, 0.25) is 0 Å². The first-order valence-corrected chi connectivity index (χ1v) is 9.96. The van der Waals surface area contributed by atoms with E-state index in [0.717, 1.165) is 34.7 Å². The normalized spacial score (nSPS) is 11.4. The van der Waals surface area contributed by atoms with Crippen molar-refractivity contribution >= 4 is 18.0 Å². The lowest BCUT2D eigenvalue weighted by Gasteiger charge is -2.08. The van der Waals surface area contributed by atoms with E-state index in [-0.39, 0.29) is 0 Å². The second kappa shape index (κ2) is 9.37. The second-order valence-corrected chi connectivity index (χ2v) is 7.58. The van der Waals surface area contributed by atoms with Crippen LogP contribution >= 0.6 is 11.8 Å². The summed E-state index contributed by atoms with van der Waals surface area (Å²) >= 11 is 1.62. The predicted octanol–water partition coefficient (Wildman–Crippen LogP) is 4.80. The van der Waals surface area contributed by atoms with E-state index in [9.17, 15) is 0 Å². The lowest BCUT2D eigenvalue weighted by molar-refractivity contribution is 0.271. The molecule has 3 aromatic rings. The monoisotopic (exact) mass is 380 g/mol. The Labute approximate surface area is 164 Å². The molecule has 3 rings (SSSR count). The first-order valence-electron chi connectivity index (χ1n) is 8.98. The summed E-state index contributed by atoms with van der Waals surface area (Å²) in [5.41, 5.74) is 2.25. The van der Waals surface area contributed by atoms with Crippen LogP contribution in [0, 0.1) is 12.8 Å². The molecule has 0 fully saturated rings. The van der Waals surface area contributed by atoms with Crippen molar-refractivity contribution < 1.29 is 4.74 Å². The molecule has 0 aliphatic heterocycles. The smallest absolute Gasteiger partial charge is 0.212 e. The van der Waals surface area contributed by atoms with Crippen molar-refractivity contribution in [2.75, 3.05) is 6.61 Å². The van der Waals surface area contributed by atoms with Gasteiger partial charge in [-0.25, -0.2) is 0 Å². The first-order chi connectivity index (χ1) is 13.1. The van der Waals surface area contributed by atoms with Crippen LogP contribution in [0.1, 0.15) is 30.8 Å². The lowest BCUT2D eigenvalue weighted by atomic mass is 10.2. The molecular weight excluding hydrogens is 356 g/mol. The number of nitrogens with zero attached hydrogens (tertiary/aromatic N) is 4. The topological polar surface area (TPSA) is 52.3 Å². The molecule has 140 valence electrons. The van der Waals surface area contributed by atoms with Crippen molar-refractivity contribution in [3.05, 3.63) is 71.5 Å². The number of hydrogen-bond donors (Lipinski definition) is 0. The van der Waals surface area contributed by atoms with E-state index in [1.807, 2.05) is 55.6 Å². The van der Waals surface area contributed by atoms with Gasteiger partial charge in [0.15, 0.2) is 5.82 Å². The van der Waals surface area contributed by atoms with Crippen LogP contribution in [0.15, 0.2) is 64.9 Å². The van der Waals surface area contributed by atoms with E-state index in [4.69, 9.17) is 4.74 Å². The van der Waals surface area contributed by atoms with Crippen LogP contribution in [0.3, 0.4) is 0 Å². The number of hydrogen-bond acceptors (Lipinski definition) is 5. The van der Waals surface area contributed by atoms with Crippen molar-refractivity contribution in [3.8, 4) is 5.75 Å². The molecule has 6 heteroatoms. The number of benzene rings is 2. The van der Waals surface area contributed by atoms with Gasteiger partial charge in [0.25, 0.3) is 0 Å². The van der Waals surface area contributed by atoms with Crippen LogP contribution in [-0.4, -0.2) is 27.7 Å². The third-order valence-corrected chi connectivity index (χ3v) is 4.75. The average molecular weight is 381 g/mol. The number of rotatable bonds is 8. The Kier molecular flexibility index (Phi) is 6.65. The molecule has 5 nitrogen and oxygen atoms in total. The number of ether oxygens (including phenoxy) is 1. The summed E-state index contributed by atoms with van der Waals surface area (Å²) in [5.74, 6) is 2.98. The summed E-state index contributed by atoms with van der Waals surface area (Å²) in [5, 5.41) is 13.7. The van der Waals surface area contributed by atoms with Crippen molar-refractivity contribution in [1.29, 1.82) is 0 Å². The maximum Gasteiger partial charge on any atom is 0.212 e. The van der Waals surface area contributed by atoms with Gasteiger partial charge in [-0.15, -0.1) is 10.2 Å². The van der Waals surface area contributed by atoms with Gasteiger partial charge in [0.1, 0.15) is 5.75 Å². The molecule has 0 amide bonds. The summed E-state index contributed by atoms with van der Waals surface area (Å²) in [6.45, 7) is 6.89. The van der Waals surface area contributed by atoms with Gasteiger partial charge < -0.3 is 4.74 Å². The molecule has 0 aliphatic carbocycles. The highest BCUT2D eigenvalue weighted by Crippen LogP contribution is 2.21. The van der Waals surface area contributed by atoms with E-state index < -0.39 is 0 Å². The van der Waals surface area contributed by atoms with Gasteiger partial charge in [0.05, 0.1) is 12.8 Å². The first kappa shape index (κ1) is 19.2. The fraction of sp³-hybridized carbons (Fsp3) is 0.286. The number of aryl methyl sites for hydroxylation is 1. The third-order valence-electron chi connectivity index (χ3n) is 3.76. The van der Waals surface area contributed by atoms with E-state index in [1.165, 1.54) is 5.56 Å². The molecule has 0 atom stereocenters. The van der Waals surface area contributed by atoms with Gasteiger partial charge in [-0.3, -0.25) is 0 Å². The van der Waals surface area contributed by atoms with Gasteiger partial charge in [-0.2, -0.15) is 9.78 Å². The summed E-state index contributed by atoms with van der Waals surface area (Å²) in [4.78, 5) is 0. The van der Waals surface area contributed by atoms with Crippen molar-refractivity contribution in [2.45, 2.75) is 31.7 Å². The molecule has 1 heterocycles. The number of aromatic nitrogens is 3. The Morgan fingerprint density at radius 1 is 1.07 bits per heavy atom. The summed E-state index contributed by atoms with van der Waals surface area (Å²) < 4.78 is 7.49. The zero-order valence-corrected chi connectivity index (χ0v) is 16.7. The fourth-order valence-corrected chi connectivity index (χ4v) is 3.21. The minimum Gasteiger partial charge on any atom is -0.493 e. The molecule has 2 aromatic carbocycles. The van der Waals surface area contributed by atoms with E-state index in [0.29, 0.717) is 5.92 Å². The van der Waals surface area contributed by atoms with Gasteiger partial charge in [0.2, 0.25) is 5.16 Å². The summed E-state index contributed by atoms with van der Waals surface area (Å²) in [6.07, 6.45) is 1.81. The number of thioether (sulfide) groups is 1. The van der Waals surface area contributed by atoms with Crippen molar-refractivity contribution in [2.24, 2.45) is 11.0 Å². The molecule has 0 spiro atoms. The Balaban J connectivity index is 1.65. The molecule has 1 aromatic heterocycles. The van der Waals surface area contributed by atoms with E-state index >= 15 is 0 Å². The quantitative estimate of drug-likeness (QED) is 0.416. The summed E-state index contributed by atoms with van der Waals surface area (Å²) in [6, 6.07) is 18.2. The van der Waals surface area contributed by atoms with Gasteiger partial charge in [0, 0.05) is 5.75 Å². The molecule has 0 saturated heterocycles. The molecule has 27 heavy (non-hydrogen) atoms. The maximum atomic E-state index is 5.71. The predicted molar refractivity (Wildman–Crippen MR) is 111 cm³/mol. The minimum atomic E-state index is 0.509. The largest absolute Gasteiger partial charge is 0.493 e. The van der Waals surface area contributed by atoms with Gasteiger partial charge >= 0.3 is 0 Å². The zero-order chi connectivity index (χ0) is 19.1. The SMILES string of the molecule is Cc1nnc(SCc2ccccc2)n1/N=C\c1ccc(OCC(C)C)cc1. The minimum absolute atomic E-state index is 0.509. The Morgan fingerprint density at radius 3 is 2.52 bits per heavy atom. The van der Waals surface area contributed by atoms with Crippen LogP contribution in [0.5, 0.6) is 5.75 Å². The Hall–Kier alpha value is -2.60. The molecule has 0 saturated carbocycles. The molecule has 0 radical (unpaired) electrons. The van der Waals surface area contributed by atoms with Crippen molar-refractivity contribution in [3.63, 3.8) is 0 Å². The molecule has 0 unspecified atom stereocenters. The Morgan fingerprint density at radius 2 is 1.81 bits per heavy atom. The standard InChI is InChI=1S/C21H24N4OS/c1-16(2)14-26-20-11-9-18(10-12-20)13-22-25-17(3)23-24-21(25)27-15-19-7-5-4-6-8-19/h4-13,16H,14-15H2,1-3H3/b22-13-. The molecule has 0 N–H and O–H groups in total. The van der Waals surface area contributed by atoms with Gasteiger partial charge in [-0.1, -0.05) is 55.9 Å². The van der Waals surface area contributed by atoms with Crippen LogP contribution in [0.25, 0.3) is 0 Å². The highest BCUT2D eigenvalue weighted by atomic mass is 32.2. The van der Waals surface area contributed by atoms with Crippen LogP contribution in [-0.2, 0) is 5.75 Å². The van der Waals surface area contributed by atoms with E-state index in [1.54, 1.807) is 16.4 Å². The van der Waals surface area contributed by atoms with E-state index in [2.05, 4.69) is 41.3 Å².